The molecule has 0 saturated carbocycles. The molecule has 0 amide bonds. The summed E-state index contributed by atoms with van der Waals surface area (Å²) >= 11 is 1.88. The minimum atomic E-state index is 1.01. The molecule has 0 fully saturated rings. The second-order valence-electron chi connectivity index (χ2n) is 10.8. The number of para-hydroxylation sites is 3. The Balaban J connectivity index is 1.44. The van der Waals surface area contributed by atoms with Gasteiger partial charge in [-0.2, -0.15) is 0 Å². The van der Waals surface area contributed by atoms with Crippen LogP contribution in [-0.2, 0) is 0 Å². The molecule has 0 aliphatic rings. The first-order valence-corrected chi connectivity index (χ1v) is 14.7. The lowest BCUT2D eigenvalue weighted by molar-refractivity contribution is 1.20. The van der Waals surface area contributed by atoms with Crippen LogP contribution in [-0.4, -0.2) is 14.0 Å². The number of nitrogens with zero attached hydrogens (tertiary/aromatic N) is 3. The van der Waals surface area contributed by atoms with Crippen molar-refractivity contribution in [1.82, 2.24) is 14.0 Å². The maximum absolute atomic E-state index is 5.10. The molecule has 10 rings (SSSR count). The third-order valence-electron chi connectivity index (χ3n) is 8.67. The largest absolute Gasteiger partial charge is 0.308 e. The molecule has 190 valence electrons. The zero-order valence-electron chi connectivity index (χ0n) is 21.9. The van der Waals surface area contributed by atoms with Gasteiger partial charge in [0.25, 0.3) is 0 Å². The molecule has 4 heterocycles. The second-order valence-corrected chi connectivity index (χ2v) is 11.8. The van der Waals surface area contributed by atoms with Gasteiger partial charge in [-0.15, -0.1) is 11.3 Å². The van der Waals surface area contributed by atoms with Crippen molar-refractivity contribution < 1.29 is 0 Å². The minimum Gasteiger partial charge on any atom is -0.308 e. The van der Waals surface area contributed by atoms with Gasteiger partial charge in [0.2, 0.25) is 0 Å². The van der Waals surface area contributed by atoms with Crippen molar-refractivity contribution >= 4 is 91.7 Å². The summed E-state index contributed by atoms with van der Waals surface area (Å²) in [6.45, 7) is 0. The van der Waals surface area contributed by atoms with Crippen molar-refractivity contribution in [1.29, 1.82) is 0 Å². The average Bonchev–Trinajstić information content (AvgIpc) is 3.70. The van der Waals surface area contributed by atoms with Crippen molar-refractivity contribution in [3.8, 4) is 5.69 Å². The third kappa shape index (κ3) is 2.75. The van der Waals surface area contributed by atoms with Crippen LogP contribution in [0.25, 0.3) is 86.0 Å². The van der Waals surface area contributed by atoms with Gasteiger partial charge in [-0.3, -0.25) is 4.40 Å². The molecule has 0 aliphatic heterocycles. The van der Waals surface area contributed by atoms with Crippen molar-refractivity contribution in [2.45, 2.75) is 0 Å². The highest BCUT2D eigenvalue weighted by Gasteiger charge is 2.20. The third-order valence-corrected chi connectivity index (χ3v) is 9.88. The van der Waals surface area contributed by atoms with Crippen molar-refractivity contribution in [2.24, 2.45) is 0 Å². The van der Waals surface area contributed by atoms with E-state index in [1.165, 1.54) is 69.3 Å². The normalized spacial score (nSPS) is 12.4. The Kier molecular flexibility index (Phi) is 4.07. The lowest BCUT2D eigenvalue weighted by Crippen LogP contribution is -1.95. The standard InChI is InChI=1S/C37H21N3S/c1-2-13-26-22(10-1)27-20-33-28(21-34(27)40-31-17-7-5-15-29(31)38-37(26)40)23-11-3-6-16-30(23)39(33)32-18-9-14-25-24-12-4-8-19-35(24)41-36(25)32/h1-21H. The first-order chi connectivity index (χ1) is 20.3. The average molecular weight is 540 g/mol. The van der Waals surface area contributed by atoms with Crippen LogP contribution in [0.2, 0.25) is 0 Å². The molecule has 0 N–H and O–H groups in total. The quantitative estimate of drug-likeness (QED) is 0.190. The number of hydrogen-bond donors (Lipinski definition) is 0. The summed E-state index contributed by atoms with van der Waals surface area (Å²) < 4.78 is 7.47. The van der Waals surface area contributed by atoms with Crippen LogP contribution >= 0.6 is 11.3 Å². The van der Waals surface area contributed by atoms with Crippen molar-refractivity contribution in [3.63, 3.8) is 0 Å². The van der Waals surface area contributed by atoms with E-state index < -0.39 is 0 Å². The van der Waals surface area contributed by atoms with Crippen LogP contribution in [0.1, 0.15) is 0 Å². The van der Waals surface area contributed by atoms with E-state index >= 15 is 0 Å². The predicted octanol–water partition coefficient (Wildman–Crippen LogP) is 10.3. The molecule has 10 aromatic rings. The molecule has 0 radical (unpaired) electrons. The van der Waals surface area contributed by atoms with E-state index in [1.807, 2.05) is 11.3 Å². The highest BCUT2D eigenvalue weighted by Crippen LogP contribution is 2.42. The van der Waals surface area contributed by atoms with Gasteiger partial charge in [-0.05, 0) is 47.9 Å². The van der Waals surface area contributed by atoms with Gasteiger partial charge in [-0.1, -0.05) is 84.9 Å². The van der Waals surface area contributed by atoms with Crippen LogP contribution in [0.15, 0.2) is 127 Å². The molecule has 0 unspecified atom stereocenters. The summed E-state index contributed by atoms with van der Waals surface area (Å²) in [6, 6.07) is 46.3. The number of benzene rings is 6. The van der Waals surface area contributed by atoms with Gasteiger partial charge in [0.1, 0.15) is 5.65 Å². The van der Waals surface area contributed by atoms with E-state index in [2.05, 4.69) is 136 Å². The Morgan fingerprint density at radius 1 is 0.463 bits per heavy atom. The topological polar surface area (TPSA) is 22.2 Å². The molecule has 3 nitrogen and oxygen atoms in total. The molecule has 4 heteroatoms. The Morgan fingerprint density at radius 3 is 2.02 bits per heavy atom. The van der Waals surface area contributed by atoms with Crippen LogP contribution in [0.3, 0.4) is 0 Å². The Hall–Kier alpha value is -5.19. The van der Waals surface area contributed by atoms with Gasteiger partial charge in [0.05, 0.1) is 38.0 Å². The Morgan fingerprint density at radius 2 is 1.12 bits per heavy atom. The first kappa shape index (κ1) is 21.6. The van der Waals surface area contributed by atoms with E-state index in [0.717, 1.165) is 16.7 Å². The van der Waals surface area contributed by atoms with Gasteiger partial charge in [0, 0.05) is 37.0 Å². The van der Waals surface area contributed by atoms with Gasteiger partial charge >= 0.3 is 0 Å². The van der Waals surface area contributed by atoms with Crippen molar-refractivity contribution in [2.75, 3.05) is 0 Å². The van der Waals surface area contributed by atoms with Crippen LogP contribution in [0, 0.1) is 0 Å². The number of fused-ring (bicyclic) bond motifs is 14. The highest BCUT2D eigenvalue weighted by molar-refractivity contribution is 7.26. The number of thiophene rings is 1. The lowest BCUT2D eigenvalue weighted by atomic mass is 10.0. The van der Waals surface area contributed by atoms with Crippen LogP contribution < -0.4 is 0 Å². The fraction of sp³-hybridized carbons (Fsp3) is 0. The van der Waals surface area contributed by atoms with E-state index in [9.17, 15) is 0 Å². The Bertz CT molecular complexity index is 2700. The zero-order valence-corrected chi connectivity index (χ0v) is 22.7. The maximum atomic E-state index is 5.10. The van der Waals surface area contributed by atoms with E-state index in [0.29, 0.717) is 0 Å². The summed E-state index contributed by atoms with van der Waals surface area (Å²) in [5.41, 5.74) is 8.01. The molecule has 0 saturated heterocycles. The summed E-state index contributed by atoms with van der Waals surface area (Å²) in [5, 5.41) is 8.77. The molecule has 0 spiro atoms. The molecule has 41 heavy (non-hydrogen) atoms. The highest BCUT2D eigenvalue weighted by atomic mass is 32.1. The second kappa shape index (κ2) is 7.72. The number of imidazole rings is 1. The van der Waals surface area contributed by atoms with E-state index in [-0.39, 0.29) is 0 Å². The fourth-order valence-electron chi connectivity index (χ4n) is 6.94. The van der Waals surface area contributed by atoms with Crippen LogP contribution in [0.5, 0.6) is 0 Å². The molecule has 0 aliphatic carbocycles. The van der Waals surface area contributed by atoms with E-state index in [4.69, 9.17) is 4.98 Å². The van der Waals surface area contributed by atoms with Gasteiger partial charge in [0.15, 0.2) is 0 Å². The molecule has 6 aromatic carbocycles. The molecular weight excluding hydrogens is 518 g/mol. The van der Waals surface area contributed by atoms with Gasteiger partial charge < -0.3 is 4.57 Å². The lowest BCUT2D eigenvalue weighted by Gasteiger charge is -2.12. The minimum absolute atomic E-state index is 1.01. The Labute approximate surface area is 238 Å². The SMILES string of the molecule is c1ccc2c(c1)nc1c3ccccc3c3cc4c(cc3n21)c1ccccc1n4-c1cccc2c1sc1ccccc12. The summed E-state index contributed by atoms with van der Waals surface area (Å²) in [5.74, 6) is 0. The number of pyridine rings is 1. The maximum Gasteiger partial charge on any atom is 0.146 e. The zero-order chi connectivity index (χ0) is 26.7. The van der Waals surface area contributed by atoms with Gasteiger partial charge in [-0.25, -0.2) is 4.98 Å². The summed E-state index contributed by atoms with van der Waals surface area (Å²) in [4.78, 5) is 5.10. The smallest absolute Gasteiger partial charge is 0.146 e. The number of rotatable bonds is 1. The first-order valence-electron chi connectivity index (χ1n) is 13.9. The summed E-state index contributed by atoms with van der Waals surface area (Å²) in [6.07, 6.45) is 0. The molecular formula is C37H21N3S. The van der Waals surface area contributed by atoms with Crippen molar-refractivity contribution in [3.05, 3.63) is 127 Å². The monoisotopic (exact) mass is 539 g/mol. The fourth-order valence-corrected chi connectivity index (χ4v) is 8.14. The molecule has 4 aromatic heterocycles. The van der Waals surface area contributed by atoms with E-state index in [1.54, 1.807) is 0 Å². The molecule has 0 atom stereocenters. The summed E-state index contributed by atoms with van der Waals surface area (Å²) in [7, 11) is 0. The predicted molar refractivity (Wildman–Crippen MR) is 175 cm³/mol. The number of hydrogen-bond acceptors (Lipinski definition) is 2. The van der Waals surface area contributed by atoms with Crippen LogP contribution in [0.4, 0.5) is 0 Å². The molecule has 0 bridgehead atoms. The number of aromatic nitrogens is 3.